The van der Waals surface area contributed by atoms with E-state index in [1.807, 2.05) is 0 Å². The predicted octanol–water partition coefficient (Wildman–Crippen LogP) is 0.988. The van der Waals surface area contributed by atoms with Gasteiger partial charge >= 0.3 is 0 Å². The predicted molar refractivity (Wildman–Crippen MR) is 83.1 cm³/mol. The van der Waals surface area contributed by atoms with Crippen molar-refractivity contribution < 1.29 is 8.42 Å². The van der Waals surface area contributed by atoms with E-state index in [-0.39, 0.29) is 5.75 Å². The summed E-state index contributed by atoms with van der Waals surface area (Å²) in [7, 11) is -2.84. The van der Waals surface area contributed by atoms with Crippen molar-refractivity contribution in [3.8, 4) is 0 Å². The van der Waals surface area contributed by atoms with E-state index in [4.69, 9.17) is 0 Å². The molecule has 120 valence electrons. The Morgan fingerprint density at radius 1 is 1.38 bits per heavy atom. The van der Waals surface area contributed by atoms with Gasteiger partial charge in [-0.1, -0.05) is 13.8 Å². The molecule has 2 heterocycles. The average molecular weight is 314 g/mol. The number of aromatic nitrogens is 3. The Morgan fingerprint density at radius 3 is 2.81 bits per heavy atom. The molecule has 1 aliphatic rings. The number of aryl methyl sites for hydroxylation is 1. The molecule has 1 aliphatic heterocycles. The van der Waals surface area contributed by atoms with Crippen LogP contribution in [0.1, 0.15) is 44.3 Å². The van der Waals surface area contributed by atoms with Crippen LogP contribution in [0.15, 0.2) is 0 Å². The lowest BCUT2D eigenvalue weighted by molar-refractivity contribution is 0.341. The van der Waals surface area contributed by atoms with Crippen molar-refractivity contribution in [3.05, 3.63) is 11.6 Å². The largest absolute Gasteiger partial charge is 0.316 e. The van der Waals surface area contributed by atoms with E-state index in [1.54, 1.807) is 0 Å². The van der Waals surface area contributed by atoms with Crippen molar-refractivity contribution in [3.63, 3.8) is 0 Å². The van der Waals surface area contributed by atoms with Crippen LogP contribution in [0.2, 0.25) is 0 Å². The first-order chi connectivity index (χ1) is 9.87. The van der Waals surface area contributed by atoms with Gasteiger partial charge in [0.05, 0.1) is 5.75 Å². The first-order valence-electron chi connectivity index (χ1n) is 7.67. The highest BCUT2D eigenvalue weighted by Crippen LogP contribution is 2.22. The van der Waals surface area contributed by atoms with Crippen molar-refractivity contribution in [2.24, 2.45) is 5.92 Å². The van der Waals surface area contributed by atoms with Crippen LogP contribution in [-0.2, 0) is 22.8 Å². The summed E-state index contributed by atoms with van der Waals surface area (Å²) in [5, 5.41) is 12.0. The van der Waals surface area contributed by atoms with Gasteiger partial charge in [-0.2, -0.15) is 0 Å². The number of hydrogen-bond donors (Lipinski definition) is 1. The molecule has 0 aromatic carbocycles. The van der Waals surface area contributed by atoms with E-state index in [0.29, 0.717) is 18.3 Å². The molecule has 1 aromatic heterocycles. The topological polar surface area (TPSA) is 76.9 Å². The summed E-state index contributed by atoms with van der Waals surface area (Å²) in [6.07, 6.45) is 4.07. The summed E-state index contributed by atoms with van der Waals surface area (Å²) < 4.78 is 24.4. The van der Waals surface area contributed by atoms with Gasteiger partial charge in [0.1, 0.15) is 21.5 Å². The fourth-order valence-corrected chi connectivity index (χ4v) is 3.44. The Kier molecular flexibility index (Phi) is 5.37. The van der Waals surface area contributed by atoms with Gasteiger partial charge in [-0.3, -0.25) is 0 Å². The lowest BCUT2D eigenvalue weighted by Gasteiger charge is -2.25. The van der Waals surface area contributed by atoms with E-state index in [2.05, 4.69) is 33.9 Å². The molecule has 2 rings (SSSR count). The van der Waals surface area contributed by atoms with Crippen LogP contribution in [0.4, 0.5) is 0 Å². The second-order valence-electron chi connectivity index (χ2n) is 6.33. The number of hydrogen-bond acceptors (Lipinski definition) is 5. The Balaban J connectivity index is 1.78. The van der Waals surface area contributed by atoms with Crippen molar-refractivity contribution in [1.29, 1.82) is 0 Å². The summed E-state index contributed by atoms with van der Waals surface area (Å²) >= 11 is 0. The molecule has 6 nitrogen and oxygen atoms in total. The van der Waals surface area contributed by atoms with Crippen LogP contribution in [-0.4, -0.2) is 48.3 Å². The molecule has 0 unspecified atom stereocenters. The summed E-state index contributed by atoms with van der Waals surface area (Å²) in [6.45, 7) is 6.94. The number of nitrogens with one attached hydrogen (secondary N) is 1. The molecular weight excluding hydrogens is 288 g/mol. The molecule has 7 heteroatoms. The number of rotatable bonds is 7. The van der Waals surface area contributed by atoms with Crippen LogP contribution < -0.4 is 5.32 Å². The van der Waals surface area contributed by atoms with Crippen molar-refractivity contribution >= 4 is 9.84 Å². The van der Waals surface area contributed by atoms with Gasteiger partial charge in [0.2, 0.25) is 0 Å². The van der Waals surface area contributed by atoms with E-state index in [9.17, 15) is 8.42 Å². The molecule has 0 saturated heterocycles. The molecule has 0 aliphatic carbocycles. The Hall–Kier alpha value is -0.950. The van der Waals surface area contributed by atoms with Crippen LogP contribution >= 0.6 is 0 Å². The molecule has 0 amide bonds. The first kappa shape index (κ1) is 16.4. The SMILES string of the molecule is CC(C)c1nnc2n1C[C@@H](CNCCCS(C)(=O)=O)CC2. The third-order valence-electron chi connectivity index (χ3n) is 3.89. The van der Waals surface area contributed by atoms with Gasteiger partial charge in [0.15, 0.2) is 0 Å². The molecule has 21 heavy (non-hydrogen) atoms. The van der Waals surface area contributed by atoms with Crippen LogP contribution in [0, 0.1) is 5.92 Å². The zero-order valence-electron chi connectivity index (χ0n) is 13.2. The highest BCUT2D eigenvalue weighted by Gasteiger charge is 2.23. The molecule has 0 fully saturated rings. The Morgan fingerprint density at radius 2 is 2.14 bits per heavy atom. The summed E-state index contributed by atoms with van der Waals surface area (Å²) in [4.78, 5) is 0. The monoisotopic (exact) mass is 314 g/mol. The van der Waals surface area contributed by atoms with Gasteiger partial charge in [0.25, 0.3) is 0 Å². The standard InChI is InChI=1S/C14H26N4O2S/c1-11(2)14-17-16-13-6-5-12(10-18(13)14)9-15-7-4-8-21(3,19)20/h11-12,15H,4-10H2,1-3H3/t12-/m1/s1. The fraction of sp³-hybridized carbons (Fsp3) is 0.857. The van der Waals surface area contributed by atoms with Crippen molar-refractivity contribution in [2.75, 3.05) is 25.1 Å². The minimum Gasteiger partial charge on any atom is -0.316 e. The molecule has 0 saturated carbocycles. The summed E-state index contributed by atoms with van der Waals surface area (Å²) in [5.74, 6) is 3.41. The summed E-state index contributed by atoms with van der Waals surface area (Å²) in [5.41, 5.74) is 0. The third-order valence-corrected chi connectivity index (χ3v) is 4.92. The average Bonchev–Trinajstić information content (AvgIpc) is 2.80. The Bertz CT molecular complexity index is 566. The lowest BCUT2D eigenvalue weighted by atomic mass is 9.98. The smallest absolute Gasteiger partial charge is 0.147 e. The molecule has 0 spiro atoms. The number of fused-ring (bicyclic) bond motifs is 1. The van der Waals surface area contributed by atoms with Crippen LogP contribution in [0.3, 0.4) is 0 Å². The van der Waals surface area contributed by atoms with Crippen LogP contribution in [0.25, 0.3) is 0 Å². The number of nitrogens with zero attached hydrogens (tertiary/aromatic N) is 3. The zero-order valence-corrected chi connectivity index (χ0v) is 14.0. The van der Waals surface area contributed by atoms with Crippen molar-refractivity contribution in [1.82, 2.24) is 20.1 Å². The molecule has 1 atom stereocenters. The van der Waals surface area contributed by atoms with E-state index in [1.165, 1.54) is 6.26 Å². The van der Waals surface area contributed by atoms with E-state index < -0.39 is 9.84 Å². The van der Waals surface area contributed by atoms with E-state index in [0.717, 1.165) is 44.1 Å². The van der Waals surface area contributed by atoms with Crippen LogP contribution in [0.5, 0.6) is 0 Å². The second-order valence-corrected chi connectivity index (χ2v) is 8.59. The van der Waals surface area contributed by atoms with Gasteiger partial charge in [0, 0.05) is 25.1 Å². The first-order valence-corrected chi connectivity index (χ1v) is 9.73. The maximum atomic E-state index is 11.1. The lowest BCUT2D eigenvalue weighted by Crippen LogP contribution is -2.31. The quantitative estimate of drug-likeness (QED) is 0.760. The van der Waals surface area contributed by atoms with Gasteiger partial charge in [-0.25, -0.2) is 8.42 Å². The minimum atomic E-state index is -2.84. The zero-order chi connectivity index (χ0) is 15.5. The van der Waals surface area contributed by atoms with Crippen molar-refractivity contribution in [2.45, 2.75) is 45.6 Å². The number of sulfone groups is 1. The molecule has 0 radical (unpaired) electrons. The molecule has 1 aromatic rings. The van der Waals surface area contributed by atoms with E-state index >= 15 is 0 Å². The highest BCUT2D eigenvalue weighted by atomic mass is 32.2. The maximum Gasteiger partial charge on any atom is 0.147 e. The maximum absolute atomic E-state index is 11.1. The van der Waals surface area contributed by atoms with Gasteiger partial charge in [-0.15, -0.1) is 10.2 Å². The molecular formula is C14H26N4O2S. The molecule has 0 bridgehead atoms. The Labute approximate surface area is 127 Å². The summed E-state index contributed by atoms with van der Waals surface area (Å²) in [6, 6.07) is 0. The second kappa shape index (κ2) is 6.87. The third kappa shape index (κ3) is 4.78. The van der Waals surface area contributed by atoms with Gasteiger partial charge < -0.3 is 9.88 Å². The normalized spacial score (nSPS) is 19.0. The van der Waals surface area contributed by atoms with Gasteiger partial charge in [-0.05, 0) is 31.8 Å². The fourth-order valence-electron chi connectivity index (χ4n) is 2.78. The molecule has 1 N–H and O–H groups in total. The highest BCUT2D eigenvalue weighted by molar-refractivity contribution is 7.90. The minimum absolute atomic E-state index is 0.262.